The molecule has 0 aliphatic heterocycles. The number of imidazole rings is 1. The van der Waals surface area contributed by atoms with Gasteiger partial charge < -0.3 is 9.88 Å². The first-order valence-electron chi connectivity index (χ1n) is 7.40. The number of hydrogen-bond donors (Lipinski definition) is 2. The van der Waals surface area contributed by atoms with Crippen molar-refractivity contribution < 1.29 is 0 Å². The molecule has 1 saturated carbocycles. The van der Waals surface area contributed by atoms with E-state index in [2.05, 4.69) is 25.4 Å². The smallest absolute Gasteiger partial charge is 0.278 e. The summed E-state index contributed by atoms with van der Waals surface area (Å²) in [6.45, 7) is 0.515. The quantitative estimate of drug-likeness (QED) is 0.755. The molecule has 8 nitrogen and oxygen atoms in total. The maximum atomic E-state index is 12.0. The van der Waals surface area contributed by atoms with Crippen LogP contribution in [0.5, 0.6) is 0 Å². The average molecular weight is 299 g/mol. The van der Waals surface area contributed by atoms with Gasteiger partial charge >= 0.3 is 0 Å². The predicted molar refractivity (Wildman–Crippen MR) is 81.6 cm³/mol. The molecule has 1 aliphatic rings. The zero-order valence-corrected chi connectivity index (χ0v) is 12.3. The summed E-state index contributed by atoms with van der Waals surface area (Å²) in [5.41, 5.74) is 1.64. The summed E-state index contributed by atoms with van der Waals surface area (Å²) in [7, 11) is 1.77. The van der Waals surface area contributed by atoms with Gasteiger partial charge in [-0.05, 0) is 25.3 Å². The first-order chi connectivity index (χ1) is 10.7. The number of hydrogen-bond acceptors (Lipinski definition) is 5. The van der Waals surface area contributed by atoms with E-state index >= 15 is 0 Å². The van der Waals surface area contributed by atoms with Gasteiger partial charge in [-0.2, -0.15) is 10.1 Å². The monoisotopic (exact) mass is 299 g/mol. The highest BCUT2D eigenvalue weighted by Crippen LogP contribution is 2.30. The minimum Gasteiger partial charge on any atom is -0.350 e. The topological polar surface area (TPSA) is 93.4 Å². The van der Waals surface area contributed by atoms with Gasteiger partial charge in [0.1, 0.15) is 0 Å². The Morgan fingerprint density at radius 3 is 3.09 bits per heavy atom. The number of aromatic amines is 1. The van der Waals surface area contributed by atoms with Crippen molar-refractivity contribution in [1.29, 1.82) is 0 Å². The summed E-state index contributed by atoms with van der Waals surface area (Å²) in [5.74, 6) is 0.411. The van der Waals surface area contributed by atoms with Crippen molar-refractivity contribution in [3.05, 3.63) is 34.6 Å². The second-order valence-corrected chi connectivity index (χ2v) is 5.67. The van der Waals surface area contributed by atoms with Crippen LogP contribution in [0.25, 0.3) is 11.2 Å². The van der Waals surface area contributed by atoms with Crippen LogP contribution in [0.15, 0.2) is 23.4 Å². The second kappa shape index (κ2) is 4.97. The van der Waals surface area contributed by atoms with Gasteiger partial charge in [0, 0.05) is 13.2 Å². The van der Waals surface area contributed by atoms with Crippen LogP contribution in [0.4, 0.5) is 5.95 Å². The predicted octanol–water partition coefficient (Wildman–Crippen LogP) is 1.19. The SMILES string of the molecule is Cn1cnc2nc(NCc3ccn(C4CCC4)n3)[nH]c(=O)c21. The highest BCUT2D eigenvalue weighted by atomic mass is 16.1. The Labute approximate surface area is 126 Å². The fourth-order valence-electron chi connectivity index (χ4n) is 2.65. The molecule has 3 aromatic rings. The molecule has 0 bridgehead atoms. The number of aryl methyl sites for hydroxylation is 1. The molecule has 4 rings (SSSR count). The Morgan fingerprint density at radius 1 is 1.45 bits per heavy atom. The van der Waals surface area contributed by atoms with Crippen molar-refractivity contribution in [1.82, 2.24) is 29.3 Å². The van der Waals surface area contributed by atoms with Gasteiger partial charge in [0.05, 0.1) is 24.6 Å². The van der Waals surface area contributed by atoms with Crippen LogP contribution in [-0.2, 0) is 13.6 Å². The second-order valence-electron chi connectivity index (χ2n) is 5.67. The summed E-state index contributed by atoms with van der Waals surface area (Å²) in [6, 6.07) is 2.54. The van der Waals surface area contributed by atoms with Crippen molar-refractivity contribution in [2.24, 2.45) is 7.05 Å². The van der Waals surface area contributed by atoms with E-state index in [1.165, 1.54) is 19.3 Å². The molecule has 8 heteroatoms. The molecule has 1 fully saturated rings. The van der Waals surface area contributed by atoms with Crippen LogP contribution >= 0.6 is 0 Å². The maximum Gasteiger partial charge on any atom is 0.278 e. The lowest BCUT2D eigenvalue weighted by Gasteiger charge is -2.25. The third-order valence-electron chi connectivity index (χ3n) is 4.13. The lowest BCUT2D eigenvalue weighted by atomic mass is 9.93. The molecule has 0 saturated heterocycles. The molecule has 0 atom stereocenters. The van der Waals surface area contributed by atoms with Crippen LogP contribution in [-0.4, -0.2) is 29.3 Å². The summed E-state index contributed by atoms with van der Waals surface area (Å²) >= 11 is 0. The Bertz CT molecular complexity index is 871. The molecule has 3 aromatic heterocycles. The van der Waals surface area contributed by atoms with Crippen LogP contribution in [0.1, 0.15) is 31.0 Å². The molecule has 1 aliphatic carbocycles. The molecule has 114 valence electrons. The number of aromatic nitrogens is 6. The maximum absolute atomic E-state index is 12.0. The molecule has 2 N–H and O–H groups in total. The van der Waals surface area contributed by atoms with Crippen molar-refractivity contribution >= 4 is 17.1 Å². The zero-order chi connectivity index (χ0) is 15.1. The highest BCUT2D eigenvalue weighted by Gasteiger charge is 2.19. The Balaban J connectivity index is 1.51. The van der Waals surface area contributed by atoms with E-state index in [4.69, 9.17) is 0 Å². The van der Waals surface area contributed by atoms with Crippen LogP contribution < -0.4 is 10.9 Å². The van der Waals surface area contributed by atoms with Crippen molar-refractivity contribution in [2.45, 2.75) is 31.8 Å². The lowest BCUT2D eigenvalue weighted by molar-refractivity contribution is 0.288. The summed E-state index contributed by atoms with van der Waals surface area (Å²) in [6.07, 6.45) is 7.29. The number of nitrogens with zero attached hydrogens (tertiary/aromatic N) is 5. The normalized spacial score (nSPS) is 15.1. The molecule has 3 heterocycles. The van der Waals surface area contributed by atoms with E-state index in [9.17, 15) is 4.79 Å². The van der Waals surface area contributed by atoms with Crippen molar-refractivity contribution in [2.75, 3.05) is 5.32 Å². The van der Waals surface area contributed by atoms with Gasteiger partial charge in [0.2, 0.25) is 5.95 Å². The average Bonchev–Trinajstić information content (AvgIpc) is 3.02. The number of anilines is 1. The third kappa shape index (κ3) is 2.16. The minimum atomic E-state index is -0.201. The zero-order valence-electron chi connectivity index (χ0n) is 12.3. The molecule has 0 radical (unpaired) electrons. The van der Waals surface area contributed by atoms with Gasteiger partial charge in [-0.3, -0.25) is 14.5 Å². The van der Waals surface area contributed by atoms with E-state index in [0.29, 0.717) is 29.7 Å². The molecule has 0 unspecified atom stereocenters. The largest absolute Gasteiger partial charge is 0.350 e. The Morgan fingerprint density at radius 2 is 2.32 bits per heavy atom. The van der Waals surface area contributed by atoms with Gasteiger partial charge in [-0.25, -0.2) is 4.98 Å². The molecular formula is C14H17N7O. The third-order valence-corrected chi connectivity index (χ3v) is 4.13. The fraction of sp³-hybridized carbons (Fsp3) is 0.429. The molecular weight excluding hydrogens is 282 g/mol. The fourth-order valence-corrected chi connectivity index (χ4v) is 2.65. The summed E-state index contributed by atoms with van der Waals surface area (Å²) in [4.78, 5) is 23.2. The molecule has 22 heavy (non-hydrogen) atoms. The van der Waals surface area contributed by atoms with Crippen LogP contribution in [0, 0.1) is 0 Å². The summed E-state index contributed by atoms with van der Waals surface area (Å²) < 4.78 is 3.68. The molecule has 0 spiro atoms. The van der Waals surface area contributed by atoms with E-state index < -0.39 is 0 Å². The van der Waals surface area contributed by atoms with E-state index in [0.717, 1.165) is 5.69 Å². The Hall–Kier alpha value is -2.64. The van der Waals surface area contributed by atoms with Gasteiger partial charge in [0.25, 0.3) is 5.56 Å². The first kappa shape index (κ1) is 13.1. The molecule has 0 aromatic carbocycles. The Kier molecular flexibility index (Phi) is 2.95. The van der Waals surface area contributed by atoms with E-state index in [1.807, 2.05) is 16.9 Å². The van der Waals surface area contributed by atoms with E-state index in [-0.39, 0.29) is 5.56 Å². The van der Waals surface area contributed by atoms with Gasteiger partial charge in [-0.15, -0.1) is 0 Å². The lowest BCUT2D eigenvalue weighted by Crippen LogP contribution is -2.18. The van der Waals surface area contributed by atoms with Crippen LogP contribution in [0.2, 0.25) is 0 Å². The molecule has 0 amide bonds. The van der Waals surface area contributed by atoms with Crippen molar-refractivity contribution in [3.8, 4) is 0 Å². The number of H-pyrrole nitrogens is 1. The standard InChI is InChI=1S/C14H17N7O/c1-20-8-16-12-11(20)13(22)18-14(17-12)15-7-9-5-6-21(19-9)10-3-2-4-10/h5-6,8,10H,2-4,7H2,1H3,(H2,15,17,18,22). The van der Waals surface area contributed by atoms with Gasteiger partial charge in [-0.1, -0.05) is 0 Å². The summed E-state index contributed by atoms with van der Waals surface area (Å²) in [5, 5.41) is 7.65. The van der Waals surface area contributed by atoms with Crippen LogP contribution in [0.3, 0.4) is 0 Å². The highest BCUT2D eigenvalue weighted by molar-refractivity contribution is 5.70. The number of fused-ring (bicyclic) bond motifs is 1. The first-order valence-corrected chi connectivity index (χ1v) is 7.40. The van der Waals surface area contributed by atoms with E-state index in [1.54, 1.807) is 17.9 Å². The number of rotatable bonds is 4. The van der Waals surface area contributed by atoms with Crippen molar-refractivity contribution in [3.63, 3.8) is 0 Å². The minimum absolute atomic E-state index is 0.201. The van der Waals surface area contributed by atoms with Gasteiger partial charge in [0.15, 0.2) is 11.2 Å². The number of nitrogens with one attached hydrogen (secondary N) is 2.